The summed E-state index contributed by atoms with van der Waals surface area (Å²) in [6, 6.07) is 6.97. The number of hydrogen-bond donors (Lipinski definition) is 1. The van der Waals surface area contributed by atoms with Gasteiger partial charge in [-0.1, -0.05) is 6.07 Å². The molecule has 1 fully saturated rings. The van der Waals surface area contributed by atoms with Crippen molar-refractivity contribution >= 4 is 0 Å². The smallest absolute Gasteiger partial charge is 0.123 e. The second-order valence-electron chi connectivity index (χ2n) is 6.65. The zero-order valence-corrected chi connectivity index (χ0v) is 14.2. The summed E-state index contributed by atoms with van der Waals surface area (Å²) in [5, 5.41) is 3.32. The summed E-state index contributed by atoms with van der Waals surface area (Å²) in [6.07, 6.45) is 2.58. The Labute approximate surface area is 129 Å². The predicted octanol–water partition coefficient (Wildman–Crippen LogP) is 3.74. The van der Waals surface area contributed by atoms with Crippen molar-refractivity contribution in [2.45, 2.75) is 58.7 Å². The summed E-state index contributed by atoms with van der Waals surface area (Å²) in [6.45, 7) is 11.8. The Morgan fingerprint density at radius 1 is 1.38 bits per heavy atom. The van der Waals surface area contributed by atoms with E-state index in [0.29, 0.717) is 11.6 Å². The number of hydrogen-bond acceptors (Lipinski definition) is 3. The number of likely N-dealkylation sites (tertiary alicyclic amines) is 1. The lowest BCUT2D eigenvalue weighted by atomic mass is 10.00. The number of nitrogens with one attached hydrogen (secondary N) is 1. The minimum Gasteiger partial charge on any atom is -0.494 e. The Balaban J connectivity index is 2.25. The lowest BCUT2D eigenvalue weighted by Crippen LogP contribution is -2.37. The van der Waals surface area contributed by atoms with Crippen molar-refractivity contribution < 1.29 is 4.74 Å². The van der Waals surface area contributed by atoms with Gasteiger partial charge in [0.15, 0.2) is 0 Å². The highest BCUT2D eigenvalue weighted by atomic mass is 16.5. The van der Waals surface area contributed by atoms with Crippen molar-refractivity contribution in [2.75, 3.05) is 20.2 Å². The van der Waals surface area contributed by atoms with Gasteiger partial charge in [0.05, 0.1) is 6.61 Å². The predicted molar refractivity (Wildman–Crippen MR) is 88.8 cm³/mol. The molecule has 0 radical (unpaired) electrons. The zero-order chi connectivity index (χ0) is 15.5. The molecule has 1 N–H and O–H groups in total. The standard InChI is InChI=1S/C18H30N2O/c1-6-21-17-9-8-15(14(2)19-5)12-16(17)13-20-11-7-10-18(20,3)4/h8-9,12,14,19H,6-7,10-11,13H2,1-5H3. The first-order valence-corrected chi connectivity index (χ1v) is 8.16. The van der Waals surface area contributed by atoms with Crippen LogP contribution in [0, 0.1) is 0 Å². The molecule has 0 saturated carbocycles. The van der Waals surface area contributed by atoms with E-state index < -0.39 is 0 Å². The number of rotatable bonds is 6. The maximum Gasteiger partial charge on any atom is 0.123 e. The maximum absolute atomic E-state index is 5.84. The van der Waals surface area contributed by atoms with E-state index in [0.717, 1.165) is 18.9 Å². The van der Waals surface area contributed by atoms with E-state index in [1.807, 2.05) is 14.0 Å². The zero-order valence-electron chi connectivity index (χ0n) is 14.2. The Bertz CT molecular complexity index is 470. The number of benzene rings is 1. The van der Waals surface area contributed by atoms with Gasteiger partial charge in [-0.05, 0) is 71.8 Å². The fourth-order valence-electron chi connectivity index (χ4n) is 3.12. The Morgan fingerprint density at radius 2 is 2.14 bits per heavy atom. The van der Waals surface area contributed by atoms with E-state index in [4.69, 9.17) is 4.74 Å². The molecule has 3 nitrogen and oxygen atoms in total. The third-order valence-corrected chi connectivity index (χ3v) is 4.75. The Morgan fingerprint density at radius 3 is 2.71 bits per heavy atom. The van der Waals surface area contributed by atoms with Crippen molar-refractivity contribution in [3.63, 3.8) is 0 Å². The molecule has 21 heavy (non-hydrogen) atoms. The monoisotopic (exact) mass is 290 g/mol. The molecule has 0 amide bonds. The minimum absolute atomic E-state index is 0.300. The summed E-state index contributed by atoms with van der Waals surface area (Å²) in [5.74, 6) is 1.03. The molecule has 1 atom stereocenters. The van der Waals surface area contributed by atoms with Gasteiger partial charge >= 0.3 is 0 Å². The molecule has 1 aromatic rings. The van der Waals surface area contributed by atoms with Crippen LogP contribution in [-0.2, 0) is 6.54 Å². The summed E-state index contributed by atoms with van der Waals surface area (Å²) >= 11 is 0. The van der Waals surface area contributed by atoms with Crippen molar-refractivity contribution in [1.82, 2.24) is 10.2 Å². The quantitative estimate of drug-likeness (QED) is 0.864. The van der Waals surface area contributed by atoms with Gasteiger partial charge in [-0.25, -0.2) is 0 Å². The molecular formula is C18H30N2O. The lowest BCUT2D eigenvalue weighted by molar-refractivity contribution is 0.164. The highest BCUT2D eigenvalue weighted by molar-refractivity contribution is 5.38. The van der Waals surface area contributed by atoms with Crippen LogP contribution in [0.15, 0.2) is 18.2 Å². The van der Waals surface area contributed by atoms with Gasteiger partial charge in [0.1, 0.15) is 5.75 Å². The summed E-state index contributed by atoms with van der Waals surface area (Å²) in [4.78, 5) is 2.58. The van der Waals surface area contributed by atoms with E-state index in [2.05, 4.69) is 49.2 Å². The number of nitrogens with zero attached hydrogens (tertiary/aromatic N) is 1. The van der Waals surface area contributed by atoms with Gasteiger partial charge in [-0.2, -0.15) is 0 Å². The molecule has 0 aromatic heterocycles. The van der Waals surface area contributed by atoms with Crippen LogP contribution >= 0.6 is 0 Å². The van der Waals surface area contributed by atoms with E-state index in [1.54, 1.807) is 0 Å². The van der Waals surface area contributed by atoms with Gasteiger partial charge in [-0.15, -0.1) is 0 Å². The second kappa shape index (κ2) is 6.80. The maximum atomic E-state index is 5.84. The molecule has 1 unspecified atom stereocenters. The fraction of sp³-hybridized carbons (Fsp3) is 0.667. The first kappa shape index (κ1) is 16.3. The highest BCUT2D eigenvalue weighted by Crippen LogP contribution is 2.32. The second-order valence-corrected chi connectivity index (χ2v) is 6.65. The molecule has 1 aliphatic heterocycles. The van der Waals surface area contributed by atoms with Crippen LogP contribution < -0.4 is 10.1 Å². The van der Waals surface area contributed by atoms with Crippen molar-refractivity contribution in [3.8, 4) is 5.75 Å². The molecule has 0 aliphatic carbocycles. The first-order chi connectivity index (χ1) is 9.97. The van der Waals surface area contributed by atoms with E-state index in [-0.39, 0.29) is 0 Å². The van der Waals surface area contributed by atoms with Crippen LogP contribution in [-0.4, -0.2) is 30.6 Å². The average Bonchev–Trinajstić information content (AvgIpc) is 2.79. The largest absolute Gasteiger partial charge is 0.494 e. The minimum atomic E-state index is 0.300. The molecule has 0 spiro atoms. The van der Waals surface area contributed by atoms with Crippen LogP contribution in [0.2, 0.25) is 0 Å². The van der Waals surface area contributed by atoms with E-state index in [9.17, 15) is 0 Å². The SMILES string of the molecule is CCOc1ccc(C(C)NC)cc1CN1CCCC1(C)C. The molecule has 1 heterocycles. The average molecular weight is 290 g/mol. The molecular weight excluding hydrogens is 260 g/mol. The van der Waals surface area contributed by atoms with Gasteiger partial charge in [0, 0.05) is 23.7 Å². The summed E-state index contributed by atoms with van der Waals surface area (Å²) in [7, 11) is 2.00. The third-order valence-electron chi connectivity index (χ3n) is 4.75. The van der Waals surface area contributed by atoms with Crippen LogP contribution in [0.25, 0.3) is 0 Å². The number of ether oxygens (including phenoxy) is 1. The topological polar surface area (TPSA) is 24.5 Å². The van der Waals surface area contributed by atoms with Crippen LogP contribution in [0.5, 0.6) is 5.75 Å². The van der Waals surface area contributed by atoms with Gasteiger partial charge in [0.25, 0.3) is 0 Å². The fourth-order valence-corrected chi connectivity index (χ4v) is 3.12. The summed E-state index contributed by atoms with van der Waals surface area (Å²) < 4.78 is 5.84. The van der Waals surface area contributed by atoms with E-state index >= 15 is 0 Å². The van der Waals surface area contributed by atoms with Crippen molar-refractivity contribution in [3.05, 3.63) is 29.3 Å². The Kier molecular flexibility index (Phi) is 5.28. The highest BCUT2D eigenvalue weighted by Gasteiger charge is 2.32. The Hall–Kier alpha value is -1.06. The molecule has 1 aromatic carbocycles. The van der Waals surface area contributed by atoms with Gasteiger partial charge in [-0.3, -0.25) is 4.90 Å². The lowest BCUT2D eigenvalue weighted by Gasteiger charge is -2.32. The third kappa shape index (κ3) is 3.78. The first-order valence-electron chi connectivity index (χ1n) is 8.16. The molecule has 1 aliphatic rings. The molecule has 1 saturated heterocycles. The van der Waals surface area contributed by atoms with Crippen LogP contribution in [0.4, 0.5) is 0 Å². The molecule has 0 bridgehead atoms. The van der Waals surface area contributed by atoms with E-state index in [1.165, 1.54) is 30.5 Å². The van der Waals surface area contributed by atoms with Crippen LogP contribution in [0.1, 0.15) is 57.7 Å². The van der Waals surface area contributed by atoms with Gasteiger partial charge in [0.2, 0.25) is 0 Å². The van der Waals surface area contributed by atoms with Crippen molar-refractivity contribution in [2.24, 2.45) is 0 Å². The van der Waals surface area contributed by atoms with Crippen molar-refractivity contribution in [1.29, 1.82) is 0 Å². The normalized spacial score (nSPS) is 19.7. The van der Waals surface area contributed by atoms with Gasteiger partial charge < -0.3 is 10.1 Å². The molecule has 3 heteroatoms. The molecule has 2 rings (SSSR count). The molecule has 118 valence electrons. The summed E-state index contributed by atoms with van der Waals surface area (Å²) in [5.41, 5.74) is 2.94. The van der Waals surface area contributed by atoms with Crippen LogP contribution in [0.3, 0.4) is 0 Å².